The summed E-state index contributed by atoms with van der Waals surface area (Å²) in [6.45, 7) is 5.71. The second-order valence-electron chi connectivity index (χ2n) is 3.37. The van der Waals surface area contributed by atoms with Crippen LogP contribution in [0.1, 0.15) is 20.8 Å². The minimum atomic E-state index is -0.164. The summed E-state index contributed by atoms with van der Waals surface area (Å²) in [7, 11) is 0. The molecule has 0 unspecified atom stereocenters. The number of esters is 1. The summed E-state index contributed by atoms with van der Waals surface area (Å²) in [5.41, 5.74) is 5.80. The molecule has 1 fully saturated rings. The highest BCUT2D eigenvalue weighted by Gasteiger charge is 2.36. The van der Waals surface area contributed by atoms with Gasteiger partial charge >= 0.3 is 5.97 Å². The van der Waals surface area contributed by atoms with E-state index in [0.29, 0.717) is 0 Å². The van der Waals surface area contributed by atoms with E-state index in [2.05, 4.69) is 0 Å². The van der Waals surface area contributed by atoms with Gasteiger partial charge in [0.25, 0.3) is 0 Å². The number of carbonyl (C=O) groups excluding carboxylic acids is 1. The normalized spacial score (nSPS) is 45.3. The van der Waals surface area contributed by atoms with Crippen LogP contribution in [-0.4, -0.2) is 18.1 Å². The maximum absolute atomic E-state index is 11.1. The van der Waals surface area contributed by atoms with Crippen molar-refractivity contribution in [2.24, 2.45) is 17.6 Å². The van der Waals surface area contributed by atoms with E-state index >= 15 is 0 Å². The zero-order valence-electron chi connectivity index (χ0n) is 7.20. The van der Waals surface area contributed by atoms with Crippen LogP contribution < -0.4 is 5.73 Å². The molecule has 4 atom stereocenters. The van der Waals surface area contributed by atoms with E-state index in [9.17, 15) is 4.79 Å². The molecule has 0 radical (unpaired) electrons. The van der Waals surface area contributed by atoms with Crippen LogP contribution in [0.25, 0.3) is 0 Å². The quantitative estimate of drug-likeness (QED) is 0.522. The van der Waals surface area contributed by atoms with Crippen molar-refractivity contribution in [3.63, 3.8) is 0 Å². The minimum Gasteiger partial charge on any atom is -0.462 e. The average molecular weight is 157 g/mol. The summed E-state index contributed by atoms with van der Waals surface area (Å²) in [6.07, 6.45) is -0.0336. The Hall–Kier alpha value is -0.570. The summed E-state index contributed by atoms with van der Waals surface area (Å²) < 4.78 is 5.06. The number of carbonyl (C=O) groups is 1. The van der Waals surface area contributed by atoms with Crippen molar-refractivity contribution >= 4 is 5.97 Å². The zero-order valence-corrected chi connectivity index (χ0v) is 7.20. The molecule has 11 heavy (non-hydrogen) atoms. The molecule has 1 aliphatic heterocycles. The maximum Gasteiger partial charge on any atom is 0.310 e. The van der Waals surface area contributed by atoms with Gasteiger partial charge in [0, 0.05) is 12.0 Å². The predicted octanol–water partition coefficient (Wildman–Crippen LogP) is 0.531. The fourth-order valence-electron chi connectivity index (χ4n) is 1.32. The molecule has 0 aromatic carbocycles. The Labute approximate surface area is 66.9 Å². The standard InChI is InChI=1S/C8H15NO2/c1-4-6(3)11-8(10)5(2)7(4)9/h4-7H,9H2,1-3H3/t4-,5+,6+,7-/m0/s1. The number of hydrogen-bond donors (Lipinski definition) is 1. The van der Waals surface area contributed by atoms with Gasteiger partial charge in [-0.25, -0.2) is 0 Å². The van der Waals surface area contributed by atoms with E-state index in [1.807, 2.05) is 20.8 Å². The van der Waals surface area contributed by atoms with Gasteiger partial charge in [0.2, 0.25) is 0 Å². The molecule has 64 valence electrons. The first-order valence-corrected chi connectivity index (χ1v) is 4.00. The smallest absolute Gasteiger partial charge is 0.310 e. The van der Waals surface area contributed by atoms with Crippen molar-refractivity contribution < 1.29 is 9.53 Å². The van der Waals surface area contributed by atoms with Crippen LogP contribution in [0.2, 0.25) is 0 Å². The minimum absolute atomic E-state index is 0.0336. The van der Waals surface area contributed by atoms with E-state index in [4.69, 9.17) is 10.5 Å². The van der Waals surface area contributed by atoms with E-state index < -0.39 is 0 Å². The first kappa shape index (κ1) is 8.53. The molecular formula is C8H15NO2. The van der Waals surface area contributed by atoms with Crippen LogP contribution in [-0.2, 0) is 9.53 Å². The number of nitrogens with two attached hydrogens (primary N) is 1. The molecule has 2 N–H and O–H groups in total. The Morgan fingerprint density at radius 1 is 1.36 bits per heavy atom. The Kier molecular flexibility index (Phi) is 2.18. The van der Waals surface area contributed by atoms with Gasteiger partial charge in [0.1, 0.15) is 6.10 Å². The fourth-order valence-corrected chi connectivity index (χ4v) is 1.32. The highest BCUT2D eigenvalue weighted by atomic mass is 16.5. The van der Waals surface area contributed by atoms with Crippen LogP contribution in [0.4, 0.5) is 0 Å². The molecule has 3 heteroatoms. The van der Waals surface area contributed by atoms with Crippen molar-refractivity contribution in [1.82, 2.24) is 0 Å². The molecule has 1 heterocycles. The molecule has 0 spiro atoms. The monoisotopic (exact) mass is 157 g/mol. The summed E-state index contributed by atoms with van der Waals surface area (Å²) in [5, 5.41) is 0. The number of hydrogen-bond acceptors (Lipinski definition) is 3. The van der Waals surface area contributed by atoms with Crippen LogP contribution in [0.5, 0.6) is 0 Å². The van der Waals surface area contributed by atoms with Gasteiger partial charge in [0.05, 0.1) is 5.92 Å². The van der Waals surface area contributed by atoms with Crippen molar-refractivity contribution in [1.29, 1.82) is 0 Å². The van der Waals surface area contributed by atoms with Crippen LogP contribution in [0.3, 0.4) is 0 Å². The third kappa shape index (κ3) is 1.38. The topological polar surface area (TPSA) is 52.3 Å². The Morgan fingerprint density at radius 3 is 2.45 bits per heavy atom. The van der Waals surface area contributed by atoms with Gasteiger partial charge in [-0.15, -0.1) is 0 Å². The van der Waals surface area contributed by atoms with Gasteiger partial charge in [-0.1, -0.05) is 13.8 Å². The summed E-state index contributed by atoms with van der Waals surface area (Å²) in [5.74, 6) is -0.0491. The zero-order chi connectivity index (χ0) is 8.59. The Bertz CT molecular complexity index is 169. The number of ether oxygens (including phenoxy) is 1. The van der Waals surface area contributed by atoms with Gasteiger partial charge in [-0.05, 0) is 6.92 Å². The average Bonchev–Trinajstić information content (AvgIpc) is 1.97. The molecule has 0 bridgehead atoms. The van der Waals surface area contributed by atoms with Crippen molar-refractivity contribution in [2.45, 2.75) is 32.9 Å². The molecule has 1 rings (SSSR count). The van der Waals surface area contributed by atoms with Crippen LogP contribution in [0.15, 0.2) is 0 Å². The van der Waals surface area contributed by atoms with E-state index in [1.54, 1.807) is 0 Å². The number of cyclic esters (lactones) is 1. The van der Waals surface area contributed by atoms with Crippen molar-refractivity contribution in [3.8, 4) is 0 Å². The third-order valence-electron chi connectivity index (χ3n) is 2.60. The van der Waals surface area contributed by atoms with Crippen molar-refractivity contribution in [2.75, 3.05) is 0 Å². The second kappa shape index (κ2) is 2.81. The van der Waals surface area contributed by atoms with Crippen molar-refractivity contribution in [3.05, 3.63) is 0 Å². The highest BCUT2D eigenvalue weighted by molar-refractivity contribution is 5.74. The first-order valence-electron chi connectivity index (χ1n) is 4.00. The predicted molar refractivity (Wildman–Crippen MR) is 41.9 cm³/mol. The molecule has 0 aliphatic carbocycles. The third-order valence-corrected chi connectivity index (χ3v) is 2.60. The van der Waals surface area contributed by atoms with Gasteiger partial charge < -0.3 is 10.5 Å². The van der Waals surface area contributed by atoms with Gasteiger partial charge in [0.15, 0.2) is 0 Å². The van der Waals surface area contributed by atoms with Crippen LogP contribution >= 0.6 is 0 Å². The first-order chi connectivity index (χ1) is 5.04. The van der Waals surface area contributed by atoms with Gasteiger partial charge in [-0.2, -0.15) is 0 Å². The molecule has 0 aromatic rings. The Balaban J connectivity index is 2.70. The molecule has 0 amide bonds. The van der Waals surface area contributed by atoms with E-state index in [-0.39, 0.29) is 30.0 Å². The lowest BCUT2D eigenvalue weighted by molar-refractivity contribution is -0.164. The highest BCUT2D eigenvalue weighted by Crippen LogP contribution is 2.24. The van der Waals surface area contributed by atoms with E-state index in [0.717, 1.165) is 0 Å². The lowest BCUT2D eigenvalue weighted by Crippen LogP contribution is -2.50. The molecule has 1 saturated heterocycles. The summed E-state index contributed by atoms with van der Waals surface area (Å²) >= 11 is 0. The SMILES string of the molecule is C[C@@H]1[C@H](N)[C@@H](C)C(=O)O[C@@H]1C. The lowest BCUT2D eigenvalue weighted by Gasteiger charge is -2.35. The molecule has 1 aliphatic rings. The molecular weight excluding hydrogens is 142 g/mol. The second-order valence-corrected chi connectivity index (χ2v) is 3.37. The molecule has 0 saturated carbocycles. The number of rotatable bonds is 0. The van der Waals surface area contributed by atoms with Gasteiger partial charge in [-0.3, -0.25) is 4.79 Å². The van der Waals surface area contributed by atoms with E-state index in [1.165, 1.54) is 0 Å². The molecule has 3 nitrogen and oxygen atoms in total. The van der Waals surface area contributed by atoms with Crippen LogP contribution in [0, 0.1) is 11.8 Å². The maximum atomic E-state index is 11.1. The Morgan fingerprint density at radius 2 is 1.91 bits per heavy atom. The summed E-state index contributed by atoms with van der Waals surface area (Å²) in [4.78, 5) is 11.1. The molecule has 0 aromatic heterocycles. The fraction of sp³-hybridized carbons (Fsp3) is 0.875. The summed E-state index contributed by atoms with van der Waals surface area (Å²) in [6, 6.07) is -0.0498. The largest absolute Gasteiger partial charge is 0.462 e. The lowest BCUT2D eigenvalue weighted by atomic mass is 9.85.